The highest BCUT2D eigenvalue weighted by molar-refractivity contribution is 5.90. The van der Waals surface area contributed by atoms with Crippen LogP contribution in [-0.2, 0) is 4.79 Å². The van der Waals surface area contributed by atoms with Crippen LogP contribution in [0.3, 0.4) is 0 Å². The maximum absolute atomic E-state index is 12.0. The molecule has 1 atom stereocenters. The fourth-order valence-electron chi connectivity index (χ4n) is 2.11. The highest BCUT2D eigenvalue weighted by Crippen LogP contribution is 2.13. The molecule has 2 rings (SSSR count). The molecule has 1 N–H and O–H groups in total. The van der Waals surface area contributed by atoms with E-state index >= 15 is 0 Å². The second kappa shape index (κ2) is 5.81. The van der Waals surface area contributed by atoms with Crippen molar-refractivity contribution >= 4 is 11.7 Å². The number of aryl methyl sites for hydroxylation is 3. The van der Waals surface area contributed by atoms with Crippen molar-refractivity contribution < 1.29 is 4.79 Å². The third kappa shape index (κ3) is 3.40. The topological polar surface area (TPSA) is 72.7 Å². The molecule has 0 aliphatic rings. The number of nitrogens with zero attached hydrogens (tertiary/aromatic N) is 4. The Balaban J connectivity index is 1.99. The van der Waals surface area contributed by atoms with Crippen molar-refractivity contribution in [2.45, 2.75) is 40.2 Å². The first kappa shape index (κ1) is 14.2. The van der Waals surface area contributed by atoms with Crippen LogP contribution in [0.1, 0.15) is 36.6 Å². The first-order chi connectivity index (χ1) is 9.45. The van der Waals surface area contributed by atoms with Crippen LogP contribution in [0.4, 0.5) is 5.82 Å². The standard InChI is InChI=1S/C14H19N5O/c1-9-5-6-15-13(7-9)17-14(20)8-10(2)19-12(4)16-11(3)18-19/h5-7,10H,8H2,1-4H3,(H,15,17,20)/t10-/m1/s1. The Morgan fingerprint density at radius 2 is 2.15 bits per heavy atom. The highest BCUT2D eigenvalue weighted by Gasteiger charge is 2.15. The molecule has 0 aromatic carbocycles. The van der Waals surface area contributed by atoms with Crippen molar-refractivity contribution in [3.8, 4) is 0 Å². The smallest absolute Gasteiger partial charge is 0.227 e. The average Bonchev–Trinajstić information content (AvgIpc) is 2.68. The summed E-state index contributed by atoms with van der Waals surface area (Å²) in [5, 5.41) is 7.09. The summed E-state index contributed by atoms with van der Waals surface area (Å²) in [6.07, 6.45) is 2.01. The first-order valence-electron chi connectivity index (χ1n) is 6.58. The minimum Gasteiger partial charge on any atom is -0.311 e. The third-order valence-electron chi connectivity index (χ3n) is 2.99. The molecule has 0 spiro atoms. The summed E-state index contributed by atoms with van der Waals surface area (Å²) >= 11 is 0. The first-order valence-corrected chi connectivity index (χ1v) is 6.58. The number of hydrogen-bond donors (Lipinski definition) is 1. The van der Waals surface area contributed by atoms with Crippen LogP contribution in [-0.4, -0.2) is 25.7 Å². The number of anilines is 1. The zero-order chi connectivity index (χ0) is 14.7. The highest BCUT2D eigenvalue weighted by atomic mass is 16.1. The van der Waals surface area contributed by atoms with Gasteiger partial charge in [-0.15, -0.1) is 0 Å². The lowest BCUT2D eigenvalue weighted by Crippen LogP contribution is -2.19. The number of hydrogen-bond acceptors (Lipinski definition) is 4. The number of carbonyl (C=O) groups is 1. The fraction of sp³-hybridized carbons (Fsp3) is 0.429. The third-order valence-corrected chi connectivity index (χ3v) is 2.99. The largest absolute Gasteiger partial charge is 0.311 e. The molecule has 0 unspecified atom stereocenters. The lowest BCUT2D eigenvalue weighted by atomic mass is 10.2. The Labute approximate surface area is 118 Å². The second-order valence-electron chi connectivity index (χ2n) is 4.97. The zero-order valence-electron chi connectivity index (χ0n) is 12.2. The Bertz CT molecular complexity index is 620. The quantitative estimate of drug-likeness (QED) is 0.926. The van der Waals surface area contributed by atoms with Crippen LogP contribution in [0.15, 0.2) is 18.3 Å². The normalized spacial score (nSPS) is 12.2. The van der Waals surface area contributed by atoms with E-state index in [1.807, 2.05) is 39.8 Å². The molecule has 0 saturated heterocycles. The van der Waals surface area contributed by atoms with Gasteiger partial charge in [-0.1, -0.05) is 0 Å². The number of rotatable bonds is 4. The van der Waals surface area contributed by atoms with Crippen LogP contribution in [0, 0.1) is 20.8 Å². The van der Waals surface area contributed by atoms with Gasteiger partial charge in [-0.3, -0.25) is 4.79 Å². The van der Waals surface area contributed by atoms with Gasteiger partial charge in [0.1, 0.15) is 17.5 Å². The van der Waals surface area contributed by atoms with Crippen molar-refractivity contribution in [2.75, 3.05) is 5.32 Å². The molecule has 106 valence electrons. The van der Waals surface area contributed by atoms with Gasteiger partial charge in [-0.05, 0) is 45.4 Å². The molecule has 6 nitrogen and oxygen atoms in total. The maximum Gasteiger partial charge on any atom is 0.227 e. The minimum absolute atomic E-state index is 0.0407. The summed E-state index contributed by atoms with van der Waals surface area (Å²) in [6, 6.07) is 3.69. The molecule has 0 fully saturated rings. The van der Waals surface area contributed by atoms with Crippen molar-refractivity contribution in [2.24, 2.45) is 0 Å². The monoisotopic (exact) mass is 273 g/mol. The van der Waals surface area contributed by atoms with Gasteiger partial charge in [0.25, 0.3) is 0 Å². The van der Waals surface area contributed by atoms with Crippen molar-refractivity contribution in [3.05, 3.63) is 35.5 Å². The van der Waals surface area contributed by atoms with Crippen LogP contribution in [0.25, 0.3) is 0 Å². The Morgan fingerprint density at radius 1 is 1.40 bits per heavy atom. The molecule has 2 aromatic rings. The number of amides is 1. The molecule has 1 amide bonds. The summed E-state index contributed by atoms with van der Waals surface area (Å²) in [5.41, 5.74) is 1.06. The molecule has 2 heterocycles. The summed E-state index contributed by atoms with van der Waals surface area (Å²) < 4.78 is 1.78. The predicted molar refractivity (Wildman–Crippen MR) is 76.4 cm³/mol. The van der Waals surface area contributed by atoms with E-state index in [1.54, 1.807) is 10.9 Å². The molecule has 0 aliphatic carbocycles. The molecule has 0 aliphatic heterocycles. The SMILES string of the molecule is Cc1ccnc(NC(=O)C[C@@H](C)n2nc(C)nc2C)c1. The second-order valence-corrected chi connectivity index (χ2v) is 4.97. The van der Waals surface area contributed by atoms with Gasteiger partial charge < -0.3 is 5.32 Å². The summed E-state index contributed by atoms with van der Waals surface area (Å²) in [6.45, 7) is 7.63. The van der Waals surface area contributed by atoms with Gasteiger partial charge in [-0.25, -0.2) is 14.6 Å². The molecule has 2 aromatic heterocycles. The van der Waals surface area contributed by atoms with E-state index in [4.69, 9.17) is 0 Å². The van der Waals surface area contributed by atoms with E-state index < -0.39 is 0 Å². The molecule has 20 heavy (non-hydrogen) atoms. The van der Waals surface area contributed by atoms with Gasteiger partial charge in [-0.2, -0.15) is 5.10 Å². The summed E-state index contributed by atoms with van der Waals surface area (Å²) in [5.74, 6) is 2.03. The molecular formula is C14H19N5O. The van der Waals surface area contributed by atoms with Gasteiger partial charge in [0.2, 0.25) is 5.91 Å². The Hall–Kier alpha value is -2.24. The lowest BCUT2D eigenvalue weighted by Gasteiger charge is -2.13. The molecule has 0 radical (unpaired) electrons. The molecule has 6 heteroatoms. The van der Waals surface area contributed by atoms with Gasteiger partial charge in [0, 0.05) is 12.6 Å². The van der Waals surface area contributed by atoms with Crippen LogP contribution in [0.5, 0.6) is 0 Å². The van der Waals surface area contributed by atoms with Crippen molar-refractivity contribution in [1.82, 2.24) is 19.7 Å². The van der Waals surface area contributed by atoms with Crippen LogP contribution < -0.4 is 5.32 Å². The summed E-state index contributed by atoms with van der Waals surface area (Å²) in [7, 11) is 0. The van der Waals surface area contributed by atoms with E-state index in [1.165, 1.54) is 0 Å². The Kier molecular flexibility index (Phi) is 4.12. The number of aromatic nitrogens is 4. The molecule has 0 saturated carbocycles. The van der Waals surface area contributed by atoms with E-state index in [9.17, 15) is 4.79 Å². The number of nitrogens with one attached hydrogen (secondary N) is 1. The van der Waals surface area contributed by atoms with E-state index in [0.29, 0.717) is 12.2 Å². The Morgan fingerprint density at radius 3 is 2.75 bits per heavy atom. The van der Waals surface area contributed by atoms with Crippen molar-refractivity contribution in [1.29, 1.82) is 0 Å². The van der Waals surface area contributed by atoms with Crippen molar-refractivity contribution in [3.63, 3.8) is 0 Å². The average molecular weight is 273 g/mol. The fourth-order valence-corrected chi connectivity index (χ4v) is 2.11. The molecule has 0 bridgehead atoms. The minimum atomic E-state index is -0.0804. The number of carbonyl (C=O) groups excluding carboxylic acids is 1. The van der Waals surface area contributed by atoms with E-state index in [-0.39, 0.29) is 11.9 Å². The number of pyridine rings is 1. The van der Waals surface area contributed by atoms with Crippen LogP contribution in [0.2, 0.25) is 0 Å². The van der Waals surface area contributed by atoms with Gasteiger partial charge >= 0.3 is 0 Å². The van der Waals surface area contributed by atoms with E-state index in [2.05, 4.69) is 20.4 Å². The maximum atomic E-state index is 12.0. The van der Waals surface area contributed by atoms with Crippen LogP contribution >= 0.6 is 0 Å². The van der Waals surface area contributed by atoms with Gasteiger partial charge in [0.15, 0.2) is 0 Å². The zero-order valence-corrected chi connectivity index (χ0v) is 12.2. The predicted octanol–water partition coefficient (Wildman–Crippen LogP) is 2.19. The lowest BCUT2D eigenvalue weighted by molar-refractivity contribution is -0.116. The molecular weight excluding hydrogens is 254 g/mol. The summed E-state index contributed by atoms with van der Waals surface area (Å²) in [4.78, 5) is 20.4. The van der Waals surface area contributed by atoms with Gasteiger partial charge in [0.05, 0.1) is 6.04 Å². The van der Waals surface area contributed by atoms with E-state index in [0.717, 1.165) is 17.2 Å².